The molecule has 8 N–H and O–H groups in total. The van der Waals surface area contributed by atoms with Gasteiger partial charge in [-0.1, -0.05) is 147 Å². The quantitative estimate of drug-likeness (QED) is 0.0239. The van der Waals surface area contributed by atoms with Crippen LogP contribution in [0.25, 0.3) is 0 Å². The molecule has 1 aliphatic rings. The molecule has 330 valence electrons. The molecule has 11 nitrogen and oxygen atoms in total. The van der Waals surface area contributed by atoms with Crippen LogP contribution >= 0.6 is 0 Å². The lowest BCUT2D eigenvalue weighted by Crippen LogP contribution is -2.60. The number of carbonyl (C=O) groups excluding carboxylic acids is 1. The summed E-state index contributed by atoms with van der Waals surface area (Å²) in [7, 11) is 0. The summed E-state index contributed by atoms with van der Waals surface area (Å²) in [5, 5.41) is 75.5. The number of nitrogens with one attached hydrogen (secondary N) is 1. The van der Waals surface area contributed by atoms with E-state index in [1.54, 1.807) is 0 Å². The summed E-state index contributed by atoms with van der Waals surface area (Å²) in [6, 6.07) is -1.18. The third kappa shape index (κ3) is 25.2. The van der Waals surface area contributed by atoms with Gasteiger partial charge in [0.05, 0.1) is 25.4 Å². The predicted molar refractivity (Wildman–Crippen MR) is 224 cm³/mol. The molecule has 1 saturated heterocycles. The van der Waals surface area contributed by atoms with Crippen molar-refractivity contribution >= 4 is 5.91 Å². The maximum absolute atomic E-state index is 13.1. The fourth-order valence-corrected chi connectivity index (χ4v) is 7.14. The lowest BCUT2D eigenvalue weighted by atomic mass is 9.98. The van der Waals surface area contributed by atoms with Crippen molar-refractivity contribution in [2.24, 2.45) is 0 Å². The van der Waals surface area contributed by atoms with Crippen molar-refractivity contribution in [2.75, 3.05) is 13.2 Å². The average Bonchev–Trinajstić information content (AvgIpc) is 3.20. The van der Waals surface area contributed by atoms with E-state index in [4.69, 9.17) is 9.47 Å². The second kappa shape index (κ2) is 35.5. The largest absolute Gasteiger partial charge is 0.394 e. The van der Waals surface area contributed by atoms with E-state index in [1.165, 1.54) is 89.9 Å². The molecule has 1 rings (SSSR count). The van der Waals surface area contributed by atoms with Gasteiger partial charge < -0.3 is 50.5 Å². The fraction of sp³-hybridized carbons (Fsp3) is 0.889. The summed E-state index contributed by atoms with van der Waals surface area (Å²) < 4.78 is 11.1. The van der Waals surface area contributed by atoms with E-state index < -0.39 is 74.2 Å². The van der Waals surface area contributed by atoms with Gasteiger partial charge in [-0.25, -0.2) is 0 Å². The first-order chi connectivity index (χ1) is 27.2. The molecule has 0 spiro atoms. The number of aliphatic hydroxyl groups is 7. The monoisotopic (exact) mass is 800 g/mol. The first-order valence-electron chi connectivity index (χ1n) is 22.7. The summed E-state index contributed by atoms with van der Waals surface area (Å²) in [4.78, 5) is 13.1. The summed E-state index contributed by atoms with van der Waals surface area (Å²) in [6.45, 7) is 3.40. The van der Waals surface area contributed by atoms with Crippen LogP contribution in [-0.4, -0.2) is 110 Å². The second-order valence-corrected chi connectivity index (χ2v) is 16.1. The minimum Gasteiger partial charge on any atom is -0.394 e. The molecule has 9 atom stereocenters. The Labute approximate surface area is 340 Å². The minimum absolute atomic E-state index is 0.247. The molecule has 0 bridgehead atoms. The van der Waals surface area contributed by atoms with Gasteiger partial charge in [0.15, 0.2) is 6.29 Å². The third-order valence-electron chi connectivity index (χ3n) is 11.0. The number of ether oxygens (including phenoxy) is 2. The Kier molecular flexibility index (Phi) is 33.4. The molecule has 1 aliphatic heterocycles. The highest BCUT2D eigenvalue weighted by Gasteiger charge is 2.44. The standard InChI is InChI=1S/C45H85NO10/c1-3-5-7-9-11-13-15-17-18-19-21-23-25-27-29-31-33-38(49)44(54)46-36(35-55-45-43(53)42(52)41(51)39(34-47)56-45)40(50)37(48)32-30-28-26-24-22-20-16-14-12-10-8-6-4-2/h17-18,24,26,36-43,45,47-53H,3-16,19-23,25,27-35H2,1-2H3,(H,46,54)/b18-17-,26-24+. The minimum atomic E-state index is -1.67. The zero-order chi connectivity index (χ0) is 41.2. The van der Waals surface area contributed by atoms with Crippen LogP contribution in [0.4, 0.5) is 0 Å². The number of hydrogen-bond acceptors (Lipinski definition) is 10. The van der Waals surface area contributed by atoms with E-state index in [1.807, 2.05) is 0 Å². The van der Waals surface area contributed by atoms with Crippen molar-refractivity contribution < 1.29 is 50.0 Å². The third-order valence-corrected chi connectivity index (χ3v) is 11.0. The Hall–Kier alpha value is -1.41. The highest BCUT2D eigenvalue weighted by atomic mass is 16.7. The molecule has 0 aromatic rings. The Morgan fingerprint density at radius 1 is 0.607 bits per heavy atom. The molecule has 1 heterocycles. The molecule has 0 aliphatic carbocycles. The van der Waals surface area contributed by atoms with Crippen molar-refractivity contribution in [3.8, 4) is 0 Å². The van der Waals surface area contributed by atoms with Gasteiger partial charge in [-0.2, -0.15) is 0 Å². The molecule has 11 heteroatoms. The van der Waals surface area contributed by atoms with Crippen LogP contribution in [0.15, 0.2) is 24.3 Å². The van der Waals surface area contributed by atoms with E-state index in [0.717, 1.165) is 57.8 Å². The summed E-state index contributed by atoms with van der Waals surface area (Å²) >= 11 is 0. The molecule has 0 aromatic carbocycles. The lowest BCUT2D eigenvalue weighted by molar-refractivity contribution is -0.303. The first-order valence-corrected chi connectivity index (χ1v) is 22.7. The SMILES string of the molecule is CCCCCCCC/C=C\CCCCCCCCC(O)C(=O)NC(COC1OC(CO)C(O)C(O)C1O)C(O)C(O)CCC/C=C/CCCCCCCCCC. The van der Waals surface area contributed by atoms with Crippen LogP contribution in [-0.2, 0) is 14.3 Å². The fourth-order valence-electron chi connectivity index (χ4n) is 7.14. The van der Waals surface area contributed by atoms with Gasteiger partial charge in [0.2, 0.25) is 5.91 Å². The molecule has 0 aromatic heterocycles. The van der Waals surface area contributed by atoms with Crippen molar-refractivity contribution in [3.63, 3.8) is 0 Å². The highest BCUT2D eigenvalue weighted by Crippen LogP contribution is 2.23. The van der Waals surface area contributed by atoms with Crippen LogP contribution in [0.2, 0.25) is 0 Å². The Balaban J connectivity index is 2.50. The Bertz CT molecular complexity index is 965. The van der Waals surface area contributed by atoms with Crippen molar-refractivity contribution in [1.82, 2.24) is 5.32 Å². The maximum atomic E-state index is 13.1. The molecule has 1 amide bonds. The van der Waals surface area contributed by atoms with Crippen LogP contribution < -0.4 is 5.32 Å². The number of amides is 1. The van der Waals surface area contributed by atoms with E-state index in [0.29, 0.717) is 12.8 Å². The van der Waals surface area contributed by atoms with Crippen LogP contribution in [0, 0.1) is 0 Å². The second-order valence-electron chi connectivity index (χ2n) is 16.1. The van der Waals surface area contributed by atoms with E-state index in [-0.39, 0.29) is 12.8 Å². The van der Waals surface area contributed by atoms with Crippen LogP contribution in [0.3, 0.4) is 0 Å². The highest BCUT2D eigenvalue weighted by molar-refractivity contribution is 5.80. The van der Waals surface area contributed by atoms with Crippen LogP contribution in [0.1, 0.15) is 187 Å². The number of allylic oxidation sites excluding steroid dienone is 4. The smallest absolute Gasteiger partial charge is 0.249 e. The molecule has 1 fully saturated rings. The molecule has 56 heavy (non-hydrogen) atoms. The number of unbranched alkanes of at least 4 members (excludes halogenated alkanes) is 21. The predicted octanol–water partition coefficient (Wildman–Crippen LogP) is 7.06. The summed E-state index contributed by atoms with van der Waals surface area (Å²) in [6.07, 6.45) is 26.5. The summed E-state index contributed by atoms with van der Waals surface area (Å²) in [5.74, 6) is -0.713. The Morgan fingerprint density at radius 3 is 1.54 bits per heavy atom. The van der Waals surface area contributed by atoms with Crippen LogP contribution in [0.5, 0.6) is 0 Å². The average molecular weight is 800 g/mol. The maximum Gasteiger partial charge on any atom is 0.249 e. The molecule has 9 unspecified atom stereocenters. The molecular formula is C45H85NO10. The number of rotatable bonds is 37. The van der Waals surface area contributed by atoms with Gasteiger partial charge in [0.1, 0.15) is 36.6 Å². The van der Waals surface area contributed by atoms with Crippen molar-refractivity contribution in [2.45, 2.75) is 242 Å². The molecular weight excluding hydrogens is 714 g/mol. The topological polar surface area (TPSA) is 189 Å². The normalized spacial score (nSPS) is 22.5. The molecule has 0 saturated carbocycles. The number of carbonyl (C=O) groups is 1. The zero-order valence-corrected chi connectivity index (χ0v) is 35.4. The summed E-state index contributed by atoms with van der Waals surface area (Å²) in [5.41, 5.74) is 0. The van der Waals surface area contributed by atoms with Gasteiger partial charge in [0, 0.05) is 0 Å². The van der Waals surface area contributed by atoms with E-state index in [9.17, 15) is 40.5 Å². The van der Waals surface area contributed by atoms with Crippen molar-refractivity contribution in [1.29, 1.82) is 0 Å². The lowest BCUT2D eigenvalue weighted by Gasteiger charge is -2.40. The van der Waals surface area contributed by atoms with Gasteiger partial charge >= 0.3 is 0 Å². The van der Waals surface area contributed by atoms with E-state index >= 15 is 0 Å². The van der Waals surface area contributed by atoms with Gasteiger partial charge in [0.25, 0.3) is 0 Å². The number of aliphatic hydroxyl groups excluding tert-OH is 7. The van der Waals surface area contributed by atoms with Gasteiger partial charge in [-0.05, 0) is 64.2 Å². The Morgan fingerprint density at radius 2 is 1.05 bits per heavy atom. The number of hydrogen-bond donors (Lipinski definition) is 8. The van der Waals surface area contributed by atoms with E-state index in [2.05, 4.69) is 43.5 Å². The first kappa shape index (κ1) is 52.6. The molecule has 0 radical (unpaired) electrons. The van der Waals surface area contributed by atoms with Gasteiger partial charge in [-0.3, -0.25) is 4.79 Å². The zero-order valence-electron chi connectivity index (χ0n) is 35.4. The van der Waals surface area contributed by atoms with Crippen molar-refractivity contribution in [3.05, 3.63) is 24.3 Å². The van der Waals surface area contributed by atoms with Gasteiger partial charge in [-0.15, -0.1) is 0 Å².